The molecular formula is C21H32N2O6. The van der Waals surface area contributed by atoms with Crippen LogP contribution >= 0.6 is 0 Å². The molecule has 1 amide bonds. The molecule has 0 aliphatic carbocycles. The SMILES string of the molecule is CCOC(=O)C1CN(c2ccc(OC)c(OC)c2)CCC1NC(=O)OC(C)(C)C. The molecule has 0 radical (unpaired) electrons. The maximum absolute atomic E-state index is 12.6. The fourth-order valence-corrected chi connectivity index (χ4v) is 3.33. The zero-order valence-electron chi connectivity index (χ0n) is 18.1. The van der Waals surface area contributed by atoms with Crippen LogP contribution in [0.15, 0.2) is 18.2 Å². The van der Waals surface area contributed by atoms with Gasteiger partial charge < -0.3 is 29.2 Å². The van der Waals surface area contributed by atoms with Gasteiger partial charge in [0.15, 0.2) is 11.5 Å². The van der Waals surface area contributed by atoms with Crippen LogP contribution in [0.1, 0.15) is 34.1 Å². The Balaban J connectivity index is 2.17. The van der Waals surface area contributed by atoms with Crippen LogP contribution in [0.3, 0.4) is 0 Å². The Morgan fingerprint density at radius 1 is 1.17 bits per heavy atom. The molecule has 1 aromatic rings. The lowest BCUT2D eigenvalue weighted by molar-refractivity contribution is -0.149. The number of ether oxygens (including phenoxy) is 4. The number of carbonyl (C=O) groups excluding carboxylic acids is 2. The Morgan fingerprint density at radius 2 is 1.86 bits per heavy atom. The number of carbonyl (C=O) groups is 2. The van der Waals surface area contributed by atoms with Crippen molar-refractivity contribution in [1.82, 2.24) is 5.32 Å². The van der Waals surface area contributed by atoms with E-state index in [0.717, 1.165) is 5.69 Å². The Labute approximate surface area is 172 Å². The van der Waals surface area contributed by atoms with Crippen molar-refractivity contribution < 1.29 is 28.5 Å². The first-order valence-electron chi connectivity index (χ1n) is 9.81. The van der Waals surface area contributed by atoms with Gasteiger partial charge >= 0.3 is 12.1 Å². The molecule has 1 aliphatic heterocycles. The lowest BCUT2D eigenvalue weighted by atomic mass is 9.91. The largest absolute Gasteiger partial charge is 0.493 e. The molecule has 0 saturated carbocycles. The minimum absolute atomic E-state index is 0.283. The topological polar surface area (TPSA) is 86.3 Å². The van der Waals surface area contributed by atoms with E-state index in [2.05, 4.69) is 10.2 Å². The number of hydrogen-bond acceptors (Lipinski definition) is 7. The molecule has 2 rings (SSSR count). The lowest BCUT2D eigenvalue weighted by Gasteiger charge is -2.39. The van der Waals surface area contributed by atoms with Gasteiger partial charge in [-0.1, -0.05) is 0 Å². The van der Waals surface area contributed by atoms with E-state index in [0.29, 0.717) is 31.0 Å². The molecule has 0 aromatic heterocycles. The normalized spacial score (nSPS) is 19.3. The number of anilines is 1. The molecule has 0 bridgehead atoms. The molecule has 2 unspecified atom stereocenters. The minimum atomic E-state index is -0.607. The zero-order chi connectivity index (χ0) is 21.6. The van der Waals surface area contributed by atoms with Crippen molar-refractivity contribution in [1.29, 1.82) is 0 Å². The number of amides is 1. The van der Waals surface area contributed by atoms with Crippen molar-refractivity contribution in [2.75, 3.05) is 38.8 Å². The number of nitrogens with zero attached hydrogens (tertiary/aromatic N) is 1. The number of nitrogens with one attached hydrogen (secondary N) is 1. The highest BCUT2D eigenvalue weighted by Gasteiger charge is 2.37. The smallest absolute Gasteiger partial charge is 0.407 e. The molecule has 8 heteroatoms. The van der Waals surface area contributed by atoms with Crippen molar-refractivity contribution >= 4 is 17.7 Å². The minimum Gasteiger partial charge on any atom is -0.493 e. The molecule has 1 aromatic carbocycles. The highest BCUT2D eigenvalue weighted by atomic mass is 16.6. The van der Waals surface area contributed by atoms with E-state index in [1.54, 1.807) is 41.9 Å². The lowest BCUT2D eigenvalue weighted by Crippen LogP contribution is -2.54. The Morgan fingerprint density at radius 3 is 2.45 bits per heavy atom. The van der Waals surface area contributed by atoms with E-state index >= 15 is 0 Å². The van der Waals surface area contributed by atoms with Crippen LogP contribution in [-0.4, -0.2) is 57.6 Å². The van der Waals surface area contributed by atoms with Gasteiger partial charge in [-0.25, -0.2) is 4.79 Å². The van der Waals surface area contributed by atoms with Crippen LogP contribution in [-0.2, 0) is 14.3 Å². The van der Waals surface area contributed by atoms with Gasteiger partial charge in [-0.15, -0.1) is 0 Å². The highest BCUT2D eigenvalue weighted by Crippen LogP contribution is 2.33. The molecule has 8 nitrogen and oxygen atoms in total. The maximum atomic E-state index is 12.6. The first-order valence-corrected chi connectivity index (χ1v) is 9.81. The molecule has 1 N–H and O–H groups in total. The Hall–Kier alpha value is -2.64. The monoisotopic (exact) mass is 408 g/mol. The van der Waals surface area contributed by atoms with Crippen LogP contribution < -0.4 is 19.7 Å². The summed E-state index contributed by atoms with van der Waals surface area (Å²) in [5.41, 5.74) is 0.303. The predicted molar refractivity (Wildman–Crippen MR) is 110 cm³/mol. The molecule has 29 heavy (non-hydrogen) atoms. The van der Waals surface area contributed by atoms with E-state index in [9.17, 15) is 9.59 Å². The molecule has 1 saturated heterocycles. The van der Waals surface area contributed by atoms with E-state index in [1.807, 2.05) is 18.2 Å². The molecule has 1 heterocycles. The summed E-state index contributed by atoms with van der Waals surface area (Å²) < 4.78 is 21.3. The summed E-state index contributed by atoms with van der Waals surface area (Å²) in [7, 11) is 3.17. The predicted octanol–water partition coefficient (Wildman–Crippen LogP) is 2.99. The molecule has 2 atom stereocenters. The summed E-state index contributed by atoms with van der Waals surface area (Å²) in [6, 6.07) is 5.27. The van der Waals surface area contributed by atoms with Crippen LogP contribution in [0.2, 0.25) is 0 Å². The summed E-state index contributed by atoms with van der Waals surface area (Å²) in [6.45, 7) is 8.52. The summed E-state index contributed by atoms with van der Waals surface area (Å²) in [6.07, 6.45) is 0.0493. The summed E-state index contributed by atoms with van der Waals surface area (Å²) in [5, 5.41) is 2.84. The van der Waals surface area contributed by atoms with Gasteiger partial charge in [-0.2, -0.15) is 0 Å². The van der Waals surface area contributed by atoms with Gasteiger partial charge in [0.1, 0.15) is 5.60 Å². The van der Waals surface area contributed by atoms with Gasteiger partial charge in [0.05, 0.1) is 26.7 Å². The van der Waals surface area contributed by atoms with Crippen LogP contribution in [0, 0.1) is 5.92 Å². The number of rotatable bonds is 6. The number of hydrogen-bond donors (Lipinski definition) is 1. The van der Waals surface area contributed by atoms with E-state index in [4.69, 9.17) is 18.9 Å². The third-order valence-electron chi connectivity index (χ3n) is 4.64. The standard InChI is InChI=1S/C21H32N2O6/c1-7-28-19(24)15-13-23(14-8-9-17(26-5)18(12-14)27-6)11-10-16(15)22-20(25)29-21(2,3)4/h8-9,12,15-16H,7,10-11,13H2,1-6H3,(H,22,25). The van der Waals surface area contributed by atoms with Gasteiger partial charge in [-0.3, -0.25) is 4.79 Å². The molecule has 1 aliphatic rings. The average Bonchev–Trinajstić information content (AvgIpc) is 2.66. The summed E-state index contributed by atoms with van der Waals surface area (Å²) >= 11 is 0. The van der Waals surface area contributed by atoms with Gasteiger partial charge in [0.25, 0.3) is 0 Å². The van der Waals surface area contributed by atoms with Crippen LogP contribution in [0.25, 0.3) is 0 Å². The molecule has 0 spiro atoms. The maximum Gasteiger partial charge on any atom is 0.407 e. The number of benzene rings is 1. The Kier molecular flexibility index (Phi) is 7.59. The van der Waals surface area contributed by atoms with Crippen molar-refractivity contribution in [3.63, 3.8) is 0 Å². The molecule has 1 fully saturated rings. The van der Waals surface area contributed by atoms with E-state index in [-0.39, 0.29) is 18.6 Å². The number of piperidine rings is 1. The second-order valence-corrected chi connectivity index (χ2v) is 7.89. The van der Waals surface area contributed by atoms with E-state index < -0.39 is 17.6 Å². The second-order valence-electron chi connectivity index (χ2n) is 7.89. The fourth-order valence-electron chi connectivity index (χ4n) is 3.33. The van der Waals surface area contributed by atoms with Gasteiger partial charge in [0.2, 0.25) is 0 Å². The molecule has 162 valence electrons. The number of esters is 1. The molecular weight excluding hydrogens is 376 g/mol. The van der Waals surface area contributed by atoms with Crippen LogP contribution in [0.4, 0.5) is 10.5 Å². The van der Waals surface area contributed by atoms with Gasteiger partial charge in [0, 0.05) is 30.9 Å². The quantitative estimate of drug-likeness (QED) is 0.724. The van der Waals surface area contributed by atoms with Crippen molar-refractivity contribution in [2.45, 2.75) is 45.8 Å². The highest BCUT2D eigenvalue weighted by molar-refractivity contribution is 5.76. The average molecular weight is 408 g/mol. The zero-order valence-corrected chi connectivity index (χ0v) is 18.1. The van der Waals surface area contributed by atoms with Crippen molar-refractivity contribution in [2.24, 2.45) is 5.92 Å². The first kappa shape index (κ1) is 22.6. The summed E-state index contributed by atoms with van der Waals surface area (Å²) in [4.78, 5) is 26.9. The van der Waals surface area contributed by atoms with Gasteiger partial charge in [-0.05, 0) is 46.2 Å². The van der Waals surface area contributed by atoms with Crippen LogP contribution in [0.5, 0.6) is 11.5 Å². The third-order valence-corrected chi connectivity index (χ3v) is 4.64. The fraction of sp³-hybridized carbons (Fsp3) is 0.619. The second kappa shape index (κ2) is 9.71. The number of alkyl carbamates (subject to hydrolysis) is 1. The first-order chi connectivity index (χ1) is 13.7. The van der Waals surface area contributed by atoms with Crippen molar-refractivity contribution in [3.8, 4) is 11.5 Å². The summed E-state index contributed by atoms with van der Waals surface area (Å²) in [5.74, 6) is 0.411. The third kappa shape index (κ3) is 6.17. The Bertz CT molecular complexity index is 716. The van der Waals surface area contributed by atoms with E-state index in [1.165, 1.54) is 0 Å². The number of methoxy groups -OCH3 is 2. The van der Waals surface area contributed by atoms with Crippen molar-refractivity contribution in [3.05, 3.63) is 18.2 Å².